The van der Waals surface area contributed by atoms with Gasteiger partial charge in [0, 0.05) is 25.7 Å². The van der Waals surface area contributed by atoms with Gasteiger partial charge in [-0.25, -0.2) is 0 Å². The van der Waals surface area contributed by atoms with Gasteiger partial charge in [-0.2, -0.15) is 0 Å². The van der Waals surface area contributed by atoms with Gasteiger partial charge >= 0.3 is 5.97 Å². The molecule has 8 atom stereocenters. The molecule has 2 fully saturated rings. The molecule has 2 aromatic carbocycles. The first-order chi connectivity index (χ1) is 23.4. The van der Waals surface area contributed by atoms with Gasteiger partial charge in [-0.15, -0.1) is 0 Å². The Labute approximate surface area is 288 Å². The van der Waals surface area contributed by atoms with E-state index in [1.807, 2.05) is 95.3 Å². The Morgan fingerprint density at radius 2 is 1.73 bits per heavy atom. The number of aliphatic hydroxyl groups is 1. The summed E-state index contributed by atoms with van der Waals surface area (Å²) < 4.78 is 13.2. The highest BCUT2D eigenvalue weighted by Gasteiger charge is 2.73. The Bertz CT molecular complexity index is 1670. The van der Waals surface area contributed by atoms with Crippen molar-refractivity contribution >= 4 is 29.4 Å². The highest BCUT2D eigenvalue weighted by atomic mass is 16.6. The molecule has 10 heteroatoms. The van der Waals surface area contributed by atoms with Crippen molar-refractivity contribution in [3.63, 3.8) is 0 Å². The molecule has 6 rings (SSSR count). The molecule has 0 saturated carbocycles. The number of carbonyl (C=O) groups excluding carboxylic acids is 4. The third-order valence-corrected chi connectivity index (χ3v) is 10.8. The fraction of sp³-hybridized carbons (Fsp3) is 0.487. The van der Waals surface area contributed by atoms with Gasteiger partial charge in [0.1, 0.15) is 23.7 Å². The summed E-state index contributed by atoms with van der Waals surface area (Å²) in [6, 6.07) is 12.8. The number of cyclic esters (lactones) is 1. The van der Waals surface area contributed by atoms with E-state index in [0.717, 1.165) is 16.8 Å². The van der Waals surface area contributed by atoms with E-state index in [1.165, 1.54) is 4.90 Å². The quantitative estimate of drug-likeness (QED) is 0.373. The molecule has 0 aromatic heterocycles. The van der Waals surface area contributed by atoms with Gasteiger partial charge in [-0.1, -0.05) is 80.6 Å². The first kappa shape index (κ1) is 34.6. The van der Waals surface area contributed by atoms with E-state index in [9.17, 15) is 24.3 Å². The zero-order valence-corrected chi connectivity index (χ0v) is 29.1. The average Bonchev–Trinajstić information content (AvgIpc) is 3.47. The molecule has 260 valence electrons. The van der Waals surface area contributed by atoms with Crippen molar-refractivity contribution < 1.29 is 33.8 Å². The van der Waals surface area contributed by atoms with Crippen LogP contribution in [-0.2, 0) is 28.7 Å². The van der Waals surface area contributed by atoms with Crippen LogP contribution >= 0.6 is 0 Å². The molecule has 1 spiro atoms. The maximum atomic E-state index is 15.0. The maximum Gasteiger partial charge on any atom is 0.313 e. The van der Waals surface area contributed by atoms with Gasteiger partial charge in [-0.3, -0.25) is 19.2 Å². The molecule has 0 unspecified atom stereocenters. The number of ether oxygens (including phenoxy) is 2. The Balaban J connectivity index is 1.49. The number of likely N-dealkylation sites (tertiary alicyclic amines) is 1. The van der Waals surface area contributed by atoms with E-state index in [-0.39, 0.29) is 37.3 Å². The number of hydrogen-bond acceptors (Lipinski definition) is 7. The topological polar surface area (TPSA) is 117 Å². The first-order valence-corrected chi connectivity index (χ1v) is 17.3. The van der Waals surface area contributed by atoms with Crippen molar-refractivity contribution in [3.8, 4) is 0 Å². The van der Waals surface area contributed by atoms with Crippen LogP contribution in [0.4, 0.5) is 5.69 Å². The summed E-state index contributed by atoms with van der Waals surface area (Å²) in [6.45, 7) is 9.41. The predicted molar refractivity (Wildman–Crippen MR) is 184 cm³/mol. The molecular weight excluding hydrogens is 622 g/mol. The summed E-state index contributed by atoms with van der Waals surface area (Å²) in [5.41, 5.74) is 1.82. The second kappa shape index (κ2) is 13.6. The molecule has 4 heterocycles. The van der Waals surface area contributed by atoms with Crippen LogP contribution in [0.15, 0.2) is 72.8 Å². The normalized spacial score (nSPS) is 31.8. The lowest BCUT2D eigenvalue weighted by atomic mass is 9.77. The number of hydrogen-bond donors (Lipinski definition) is 1. The number of anilines is 1. The summed E-state index contributed by atoms with van der Waals surface area (Å²) >= 11 is 0. The Morgan fingerprint density at radius 1 is 1.00 bits per heavy atom. The molecule has 49 heavy (non-hydrogen) atoms. The van der Waals surface area contributed by atoms with Crippen LogP contribution in [0.3, 0.4) is 0 Å². The monoisotopic (exact) mass is 669 g/mol. The Morgan fingerprint density at radius 3 is 2.43 bits per heavy atom. The Hall–Kier alpha value is -4.28. The number of rotatable bonds is 5. The van der Waals surface area contributed by atoms with Gasteiger partial charge in [0.05, 0.1) is 30.7 Å². The fourth-order valence-electron chi connectivity index (χ4n) is 8.03. The minimum absolute atomic E-state index is 0.0903. The molecule has 0 aliphatic carbocycles. The summed E-state index contributed by atoms with van der Waals surface area (Å²) in [5.74, 6) is -3.89. The van der Waals surface area contributed by atoms with E-state index in [1.54, 1.807) is 29.0 Å². The number of amides is 3. The number of likely N-dealkylation sites (N-methyl/N-ethyl adjacent to an activating group) is 1. The number of fused-ring (bicyclic) bond motifs is 2. The van der Waals surface area contributed by atoms with Crippen molar-refractivity contribution in [2.75, 3.05) is 25.1 Å². The molecule has 10 nitrogen and oxygen atoms in total. The average molecular weight is 670 g/mol. The lowest BCUT2D eigenvalue weighted by Crippen LogP contribution is -2.59. The number of benzene rings is 2. The van der Waals surface area contributed by atoms with E-state index >= 15 is 0 Å². The van der Waals surface area contributed by atoms with E-state index in [2.05, 4.69) is 0 Å². The van der Waals surface area contributed by atoms with Gasteiger partial charge < -0.3 is 29.3 Å². The van der Waals surface area contributed by atoms with Crippen molar-refractivity contribution in [1.29, 1.82) is 0 Å². The van der Waals surface area contributed by atoms with Gasteiger partial charge in [0.25, 0.3) is 5.91 Å². The highest BCUT2D eigenvalue weighted by molar-refractivity contribution is 6.06. The fourth-order valence-corrected chi connectivity index (χ4v) is 8.03. The number of allylic oxidation sites excluding steroid dienone is 1. The van der Waals surface area contributed by atoms with E-state index in [0.29, 0.717) is 12.0 Å². The number of aryl methyl sites for hydroxylation is 2. The smallest absolute Gasteiger partial charge is 0.313 e. The SMILES string of the molecule is Cc1ccc(C)c(N2CC=C[C@]34O[C@@H]5/C=C\CCC(=O)N(C)[C@H](C)[C@@H](c6ccccc6)OC(=O)[C@@H]5[C@H]3C(=O)N([C@@H](CO)C(C)C)[C@@H]4C2=O)c1. The highest BCUT2D eigenvalue weighted by Crippen LogP contribution is 2.54. The van der Waals surface area contributed by atoms with Crippen LogP contribution in [-0.4, -0.2) is 88.6 Å². The molecule has 1 N–H and O–H groups in total. The summed E-state index contributed by atoms with van der Waals surface area (Å²) in [5, 5.41) is 10.7. The molecule has 2 aromatic rings. The van der Waals surface area contributed by atoms with Crippen molar-refractivity contribution in [3.05, 3.63) is 89.5 Å². The van der Waals surface area contributed by atoms with Gasteiger partial charge in [0.2, 0.25) is 11.8 Å². The van der Waals surface area contributed by atoms with Crippen molar-refractivity contribution in [2.24, 2.45) is 17.8 Å². The lowest BCUT2D eigenvalue weighted by molar-refractivity contribution is -0.164. The summed E-state index contributed by atoms with van der Waals surface area (Å²) in [4.78, 5) is 62.4. The van der Waals surface area contributed by atoms with Crippen LogP contribution in [0.25, 0.3) is 0 Å². The first-order valence-electron chi connectivity index (χ1n) is 17.3. The molecular formula is C39H47N3O7. The van der Waals surface area contributed by atoms with Crippen LogP contribution in [0.5, 0.6) is 0 Å². The summed E-state index contributed by atoms with van der Waals surface area (Å²) in [6.07, 6.45) is 6.10. The maximum absolute atomic E-state index is 15.0. The number of esters is 1. The minimum Gasteiger partial charge on any atom is -0.455 e. The minimum atomic E-state index is -1.51. The largest absolute Gasteiger partial charge is 0.455 e. The lowest BCUT2D eigenvalue weighted by Gasteiger charge is -2.40. The molecule has 0 radical (unpaired) electrons. The van der Waals surface area contributed by atoms with Crippen molar-refractivity contribution in [2.45, 2.75) is 83.4 Å². The second-order valence-corrected chi connectivity index (χ2v) is 14.2. The number of nitrogens with zero attached hydrogens (tertiary/aromatic N) is 3. The third kappa shape index (κ3) is 5.88. The number of carbonyl (C=O) groups is 4. The van der Waals surface area contributed by atoms with Gasteiger partial charge in [0.15, 0.2) is 0 Å². The summed E-state index contributed by atoms with van der Waals surface area (Å²) in [7, 11) is 1.70. The van der Waals surface area contributed by atoms with Crippen LogP contribution in [0, 0.1) is 31.6 Å². The zero-order chi connectivity index (χ0) is 35.2. The Kier molecular flexibility index (Phi) is 9.57. The van der Waals surface area contributed by atoms with E-state index in [4.69, 9.17) is 9.47 Å². The predicted octanol–water partition coefficient (Wildman–Crippen LogP) is 4.29. The van der Waals surface area contributed by atoms with Gasteiger partial charge in [-0.05, 0) is 55.9 Å². The zero-order valence-electron chi connectivity index (χ0n) is 29.1. The van der Waals surface area contributed by atoms with Crippen molar-refractivity contribution in [1.82, 2.24) is 9.80 Å². The molecule has 3 amide bonds. The van der Waals surface area contributed by atoms with Crippen LogP contribution in [0.1, 0.15) is 56.4 Å². The second-order valence-electron chi connectivity index (χ2n) is 14.2. The molecule has 2 saturated heterocycles. The molecule has 4 aliphatic heterocycles. The third-order valence-electron chi connectivity index (χ3n) is 10.8. The molecule has 4 aliphatic rings. The van der Waals surface area contributed by atoms with Crippen LogP contribution < -0.4 is 4.90 Å². The standard InChI is InChI=1S/C39H47N3O7/c1-23(2)29(22-43)42-35-37(46)41(28-21-24(3)17-18-25(28)4)20-12-19-39(35)33(36(42)45)32-30(49-39)15-10-11-16-31(44)40(6)26(5)34(48-38(32)47)27-13-8-7-9-14-27/h7-10,12-15,17-19,21,23,26,29-30,32-35,43H,11,16,20,22H2,1-6H3/b15-10-/t26-,29+,30-,32+,33+,34+,35-,39+/m1/s1. The molecule has 0 bridgehead atoms. The van der Waals surface area contributed by atoms with Crippen LogP contribution in [0.2, 0.25) is 0 Å². The number of aliphatic hydroxyl groups excluding tert-OH is 1. The van der Waals surface area contributed by atoms with E-state index < -0.39 is 59.6 Å².